The Kier molecular flexibility index (Phi) is 6.46. The molecule has 0 fully saturated rings. The van der Waals surface area contributed by atoms with Crippen LogP contribution in [0.4, 0.5) is 0 Å². The maximum atomic E-state index is 13.2. The molecule has 0 unspecified atom stereocenters. The van der Waals surface area contributed by atoms with Crippen molar-refractivity contribution in [2.24, 2.45) is 0 Å². The van der Waals surface area contributed by atoms with Gasteiger partial charge in [0.05, 0.1) is 11.4 Å². The molecule has 0 radical (unpaired) electrons. The highest BCUT2D eigenvalue weighted by molar-refractivity contribution is 7.89. The molecule has 3 aromatic rings. The second-order valence-corrected chi connectivity index (χ2v) is 9.45. The number of thiophene rings is 1. The highest BCUT2D eigenvalue weighted by Crippen LogP contribution is 2.25. The average Bonchev–Trinajstić information content (AvgIpc) is 3.06. The zero-order chi connectivity index (χ0) is 20.1. The van der Waals surface area contributed by atoms with Gasteiger partial charge < -0.3 is 5.11 Å². The standard InChI is InChI=1S/C19H17ClN2O4S2/c20-16-9-17(27-13-16)12-22(28(25,26)18-5-2-6-21-10-18)11-15-4-1-3-14(7-15)8-19(23)24/h1-7,9-10,13H,8,11-12H2,(H,23,24). The van der Waals surface area contributed by atoms with Crippen molar-refractivity contribution in [2.75, 3.05) is 0 Å². The van der Waals surface area contributed by atoms with Crippen LogP contribution in [0.25, 0.3) is 0 Å². The lowest BCUT2D eigenvalue weighted by molar-refractivity contribution is -0.136. The van der Waals surface area contributed by atoms with Crippen molar-refractivity contribution in [3.05, 3.63) is 81.3 Å². The fourth-order valence-corrected chi connectivity index (χ4v) is 5.24. The van der Waals surface area contributed by atoms with E-state index in [-0.39, 0.29) is 24.4 Å². The highest BCUT2D eigenvalue weighted by atomic mass is 35.5. The van der Waals surface area contributed by atoms with Gasteiger partial charge in [-0.05, 0) is 29.3 Å². The summed E-state index contributed by atoms with van der Waals surface area (Å²) >= 11 is 7.36. The van der Waals surface area contributed by atoms with Gasteiger partial charge in [0.1, 0.15) is 4.90 Å². The second-order valence-electron chi connectivity index (χ2n) is 6.08. The van der Waals surface area contributed by atoms with E-state index < -0.39 is 16.0 Å². The molecule has 0 amide bonds. The number of sulfonamides is 1. The monoisotopic (exact) mass is 436 g/mol. The number of carbonyl (C=O) groups is 1. The predicted molar refractivity (Wildman–Crippen MR) is 108 cm³/mol. The van der Waals surface area contributed by atoms with Crippen LogP contribution in [-0.2, 0) is 34.3 Å². The van der Waals surface area contributed by atoms with E-state index in [9.17, 15) is 13.2 Å². The SMILES string of the molecule is O=C(O)Cc1cccc(CN(Cc2cc(Cl)cs2)S(=O)(=O)c2cccnc2)c1. The number of rotatable bonds is 8. The molecule has 2 aromatic heterocycles. The summed E-state index contributed by atoms with van der Waals surface area (Å²) in [5, 5.41) is 11.3. The number of nitrogens with zero attached hydrogens (tertiary/aromatic N) is 2. The van der Waals surface area contributed by atoms with Crippen LogP contribution in [0, 0.1) is 0 Å². The summed E-state index contributed by atoms with van der Waals surface area (Å²) in [6.07, 6.45) is 2.70. The van der Waals surface area contributed by atoms with E-state index in [0.717, 1.165) is 4.88 Å². The number of carboxylic acids is 1. The van der Waals surface area contributed by atoms with Crippen molar-refractivity contribution < 1.29 is 18.3 Å². The molecule has 0 saturated carbocycles. The molecule has 146 valence electrons. The third-order valence-corrected chi connectivity index (χ3v) is 6.98. The molecule has 3 rings (SSSR count). The normalized spacial score (nSPS) is 11.6. The minimum atomic E-state index is -3.81. The van der Waals surface area contributed by atoms with Gasteiger partial charge in [-0.2, -0.15) is 4.31 Å². The molecule has 28 heavy (non-hydrogen) atoms. The van der Waals surface area contributed by atoms with Crippen molar-refractivity contribution in [1.29, 1.82) is 0 Å². The molecular formula is C19H17ClN2O4S2. The molecule has 6 nitrogen and oxygen atoms in total. The molecule has 0 bridgehead atoms. The van der Waals surface area contributed by atoms with E-state index in [4.69, 9.17) is 16.7 Å². The number of aliphatic carboxylic acids is 1. The van der Waals surface area contributed by atoms with Gasteiger partial charge >= 0.3 is 5.97 Å². The topological polar surface area (TPSA) is 87.6 Å². The quantitative estimate of drug-likeness (QED) is 0.580. The van der Waals surface area contributed by atoms with E-state index in [1.807, 2.05) is 0 Å². The van der Waals surface area contributed by atoms with Crippen LogP contribution in [-0.4, -0.2) is 28.8 Å². The van der Waals surface area contributed by atoms with Crippen LogP contribution < -0.4 is 0 Å². The van der Waals surface area contributed by atoms with Crippen molar-refractivity contribution >= 4 is 38.9 Å². The molecule has 0 saturated heterocycles. The fraction of sp³-hybridized carbons (Fsp3) is 0.158. The Morgan fingerprint density at radius 1 is 1.14 bits per heavy atom. The smallest absolute Gasteiger partial charge is 0.307 e. The van der Waals surface area contributed by atoms with Gasteiger partial charge in [-0.3, -0.25) is 9.78 Å². The Bertz CT molecular complexity index is 1070. The number of carboxylic acid groups (broad SMARTS) is 1. The fourth-order valence-electron chi connectivity index (χ4n) is 2.70. The maximum absolute atomic E-state index is 13.2. The molecular weight excluding hydrogens is 420 g/mol. The van der Waals surface area contributed by atoms with E-state index >= 15 is 0 Å². The summed E-state index contributed by atoms with van der Waals surface area (Å²) in [5.41, 5.74) is 1.32. The van der Waals surface area contributed by atoms with Gasteiger partial charge in [-0.1, -0.05) is 35.9 Å². The predicted octanol–water partition coefficient (Wildman–Crippen LogP) is 3.81. The van der Waals surface area contributed by atoms with E-state index in [2.05, 4.69) is 4.98 Å². The van der Waals surface area contributed by atoms with Crippen LogP contribution in [0.3, 0.4) is 0 Å². The van der Waals surface area contributed by atoms with Gasteiger partial charge in [-0.25, -0.2) is 8.42 Å². The van der Waals surface area contributed by atoms with Gasteiger partial charge in [-0.15, -0.1) is 11.3 Å². The van der Waals surface area contributed by atoms with E-state index in [1.165, 1.54) is 34.1 Å². The van der Waals surface area contributed by atoms with Crippen LogP contribution >= 0.6 is 22.9 Å². The summed E-state index contributed by atoms with van der Waals surface area (Å²) in [4.78, 5) is 15.8. The first-order valence-electron chi connectivity index (χ1n) is 8.27. The number of hydrogen-bond donors (Lipinski definition) is 1. The van der Waals surface area contributed by atoms with Gasteiger partial charge in [0.25, 0.3) is 0 Å². The lowest BCUT2D eigenvalue weighted by Gasteiger charge is -2.22. The average molecular weight is 437 g/mol. The molecule has 1 aromatic carbocycles. The molecule has 0 aliphatic rings. The van der Waals surface area contributed by atoms with Crippen LogP contribution in [0.1, 0.15) is 16.0 Å². The number of pyridine rings is 1. The molecule has 0 atom stereocenters. The number of halogens is 1. The number of hydrogen-bond acceptors (Lipinski definition) is 5. The van der Waals surface area contributed by atoms with Crippen molar-refractivity contribution in [3.8, 4) is 0 Å². The highest BCUT2D eigenvalue weighted by Gasteiger charge is 2.26. The first kappa shape index (κ1) is 20.5. The van der Waals surface area contributed by atoms with Crippen molar-refractivity contribution in [1.82, 2.24) is 9.29 Å². The lowest BCUT2D eigenvalue weighted by atomic mass is 10.1. The van der Waals surface area contributed by atoms with Gasteiger partial charge in [0.15, 0.2) is 0 Å². The molecule has 2 heterocycles. The summed E-state index contributed by atoms with van der Waals surface area (Å²) < 4.78 is 27.7. The van der Waals surface area contributed by atoms with Crippen LogP contribution in [0.5, 0.6) is 0 Å². The maximum Gasteiger partial charge on any atom is 0.307 e. The molecule has 9 heteroatoms. The lowest BCUT2D eigenvalue weighted by Crippen LogP contribution is -2.30. The Hall–Kier alpha value is -2.26. The molecule has 0 aliphatic heterocycles. The zero-order valence-electron chi connectivity index (χ0n) is 14.7. The zero-order valence-corrected chi connectivity index (χ0v) is 17.0. The first-order valence-corrected chi connectivity index (χ1v) is 11.0. The third-order valence-electron chi connectivity index (χ3n) is 3.93. The third kappa shape index (κ3) is 5.17. The summed E-state index contributed by atoms with van der Waals surface area (Å²) in [7, 11) is -3.81. The minimum absolute atomic E-state index is 0.0966. The van der Waals surface area contributed by atoms with Crippen LogP contribution in [0.15, 0.2) is 65.1 Å². The van der Waals surface area contributed by atoms with Gasteiger partial charge in [0.2, 0.25) is 10.0 Å². The number of benzene rings is 1. The van der Waals surface area contributed by atoms with E-state index in [1.54, 1.807) is 41.8 Å². The second kappa shape index (κ2) is 8.83. The minimum Gasteiger partial charge on any atom is -0.481 e. The Balaban J connectivity index is 1.93. The largest absolute Gasteiger partial charge is 0.481 e. The first-order chi connectivity index (χ1) is 13.3. The van der Waals surface area contributed by atoms with Crippen molar-refractivity contribution in [3.63, 3.8) is 0 Å². The number of aromatic nitrogens is 1. The summed E-state index contributed by atoms with van der Waals surface area (Å²) in [5.74, 6) is -0.940. The Labute approximate surface area is 172 Å². The summed E-state index contributed by atoms with van der Waals surface area (Å²) in [6, 6.07) is 11.7. The van der Waals surface area contributed by atoms with E-state index in [0.29, 0.717) is 16.1 Å². The molecule has 0 aliphatic carbocycles. The summed E-state index contributed by atoms with van der Waals surface area (Å²) in [6.45, 7) is 0.248. The van der Waals surface area contributed by atoms with Gasteiger partial charge in [0, 0.05) is 35.7 Å². The Morgan fingerprint density at radius 2 is 1.93 bits per heavy atom. The molecule has 0 spiro atoms. The van der Waals surface area contributed by atoms with Crippen LogP contribution in [0.2, 0.25) is 5.02 Å². The molecule has 1 N–H and O–H groups in total. The van der Waals surface area contributed by atoms with Crippen molar-refractivity contribution in [2.45, 2.75) is 24.4 Å². The Morgan fingerprint density at radius 3 is 2.57 bits per heavy atom.